The van der Waals surface area contributed by atoms with Gasteiger partial charge in [-0.3, -0.25) is 19.2 Å². The lowest BCUT2D eigenvalue weighted by Gasteiger charge is -2.56. The Balaban J connectivity index is 1.27. The first kappa shape index (κ1) is 23.1. The number of imide groups is 1. The summed E-state index contributed by atoms with van der Waals surface area (Å²) in [5, 5.41) is 13.0. The lowest BCUT2D eigenvalue weighted by atomic mass is 9.91. The number of benzene rings is 2. The summed E-state index contributed by atoms with van der Waals surface area (Å²) in [6.07, 6.45) is 0. The zero-order valence-electron chi connectivity index (χ0n) is 18.5. The van der Waals surface area contributed by atoms with Crippen LogP contribution in [0.25, 0.3) is 0 Å². The van der Waals surface area contributed by atoms with Crippen LogP contribution in [0.3, 0.4) is 0 Å². The largest absolute Gasteiger partial charge is 0.442 e. The number of nitrogens with zero attached hydrogens (tertiary/aromatic N) is 2. The van der Waals surface area contributed by atoms with Gasteiger partial charge in [-0.15, -0.1) is 11.8 Å². The van der Waals surface area contributed by atoms with Crippen molar-refractivity contribution in [3.8, 4) is 0 Å². The summed E-state index contributed by atoms with van der Waals surface area (Å²) in [4.78, 5) is 65.5. The smallest absolute Gasteiger partial charge is 0.333 e. The first-order chi connectivity index (χ1) is 16.7. The molecule has 4 amide bonds. The third-order valence-corrected chi connectivity index (χ3v) is 7.85. The van der Waals surface area contributed by atoms with Crippen LogP contribution in [0, 0.1) is 0 Å². The molecule has 2 fully saturated rings. The Morgan fingerprint density at radius 1 is 1.06 bits per heavy atom. The number of thioether (sulfide) groups is 1. The van der Waals surface area contributed by atoms with Crippen molar-refractivity contribution in [3.05, 3.63) is 71.3 Å². The Labute approximate surface area is 204 Å². The minimum absolute atomic E-state index is 0.103. The highest BCUT2D eigenvalue weighted by molar-refractivity contribution is 8.00. The Morgan fingerprint density at radius 2 is 1.66 bits per heavy atom. The fraction of sp³-hybridized carbons (Fsp3) is 0.292. The molecule has 2 aromatic rings. The molecule has 0 spiro atoms. The number of esters is 1. The molecule has 5 rings (SSSR count). The first-order valence-electron chi connectivity index (χ1n) is 10.8. The maximum Gasteiger partial charge on any atom is 0.333 e. The summed E-state index contributed by atoms with van der Waals surface area (Å²) in [6.45, 7) is 0.763. The number of rotatable bonds is 5. The van der Waals surface area contributed by atoms with Crippen molar-refractivity contribution in [1.82, 2.24) is 15.1 Å². The Morgan fingerprint density at radius 3 is 2.29 bits per heavy atom. The van der Waals surface area contributed by atoms with Gasteiger partial charge in [0.1, 0.15) is 17.0 Å². The summed E-state index contributed by atoms with van der Waals surface area (Å²) < 4.78 is 5.25. The molecule has 0 aromatic heterocycles. The van der Waals surface area contributed by atoms with Crippen molar-refractivity contribution >= 4 is 41.4 Å². The molecule has 3 aliphatic heterocycles. The van der Waals surface area contributed by atoms with Crippen LogP contribution in [0.15, 0.2) is 54.6 Å². The Hall–Kier alpha value is -3.70. The Kier molecular flexibility index (Phi) is 5.60. The normalized spacial score (nSPS) is 27.1. The molecule has 35 heavy (non-hydrogen) atoms. The quantitative estimate of drug-likeness (QED) is 0.350. The SMILES string of the molecule is CC1(O)CS[C@H]2C(NC(=O)c3ccccc3)C(=O)N2C1C(=O)OCN1C(=O)c2ccccc2C1=O. The van der Waals surface area contributed by atoms with E-state index >= 15 is 0 Å². The predicted octanol–water partition coefficient (Wildman–Crippen LogP) is 0.617. The summed E-state index contributed by atoms with van der Waals surface area (Å²) in [6, 6.07) is 12.5. The van der Waals surface area contributed by atoms with E-state index in [0.717, 1.165) is 4.90 Å². The van der Waals surface area contributed by atoms with Gasteiger partial charge in [0.05, 0.1) is 11.1 Å². The highest BCUT2D eigenvalue weighted by atomic mass is 32.2. The number of carbonyl (C=O) groups excluding carboxylic acids is 5. The molecule has 2 aromatic carbocycles. The summed E-state index contributed by atoms with van der Waals surface area (Å²) in [7, 11) is 0. The topological polar surface area (TPSA) is 133 Å². The molecule has 0 bridgehead atoms. The highest BCUT2D eigenvalue weighted by Gasteiger charge is 2.61. The van der Waals surface area contributed by atoms with E-state index in [1.54, 1.807) is 42.5 Å². The van der Waals surface area contributed by atoms with Crippen molar-refractivity contribution in [2.45, 2.75) is 30.0 Å². The number of carbonyl (C=O) groups is 5. The third kappa shape index (κ3) is 3.76. The summed E-state index contributed by atoms with van der Waals surface area (Å²) in [5.41, 5.74) is -0.803. The molecule has 0 radical (unpaired) electrons. The van der Waals surface area contributed by atoms with Crippen molar-refractivity contribution < 1.29 is 33.8 Å². The van der Waals surface area contributed by atoms with Crippen LogP contribution in [0.1, 0.15) is 38.0 Å². The standard InChI is InChI=1S/C24H21N3O7S/c1-24(33)11-35-22-16(25-18(28)13-7-3-2-4-8-13)21(31)27(22)17(24)23(32)34-12-26-19(29)14-9-5-6-10-15(14)20(26)30/h2-10,16-17,22,33H,11-12H2,1H3,(H,25,28)/t16?,17?,22-,24?/m0/s1. The van der Waals surface area contributed by atoms with Gasteiger partial charge in [-0.2, -0.15) is 0 Å². The van der Waals surface area contributed by atoms with E-state index < -0.39 is 59.4 Å². The van der Waals surface area contributed by atoms with Gasteiger partial charge in [-0.25, -0.2) is 9.69 Å². The van der Waals surface area contributed by atoms with Crippen LogP contribution in [-0.4, -0.2) is 80.0 Å². The van der Waals surface area contributed by atoms with E-state index in [-0.39, 0.29) is 16.9 Å². The second-order valence-electron chi connectivity index (χ2n) is 8.70. The lowest BCUT2D eigenvalue weighted by molar-refractivity contribution is -0.178. The molecule has 3 heterocycles. The molecule has 4 atom stereocenters. The maximum atomic E-state index is 13.0. The number of ether oxygens (including phenoxy) is 1. The number of hydrogen-bond acceptors (Lipinski definition) is 8. The van der Waals surface area contributed by atoms with Crippen LogP contribution in [0.5, 0.6) is 0 Å². The minimum atomic E-state index is -1.62. The summed E-state index contributed by atoms with van der Waals surface area (Å²) >= 11 is 1.24. The average Bonchev–Trinajstić information content (AvgIpc) is 3.10. The van der Waals surface area contributed by atoms with Gasteiger partial charge in [-0.05, 0) is 31.2 Å². The zero-order chi connectivity index (χ0) is 24.9. The molecule has 2 N–H and O–H groups in total. The monoisotopic (exact) mass is 495 g/mol. The van der Waals surface area contributed by atoms with Crippen LogP contribution in [0.4, 0.5) is 0 Å². The highest BCUT2D eigenvalue weighted by Crippen LogP contribution is 2.42. The van der Waals surface area contributed by atoms with Gasteiger partial charge >= 0.3 is 5.97 Å². The summed E-state index contributed by atoms with van der Waals surface area (Å²) in [5.74, 6) is -2.98. The number of aliphatic hydroxyl groups is 1. The zero-order valence-corrected chi connectivity index (χ0v) is 19.4. The first-order valence-corrected chi connectivity index (χ1v) is 11.9. The van der Waals surface area contributed by atoms with E-state index in [1.807, 2.05) is 0 Å². The van der Waals surface area contributed by atoms with Crippen molar-refractivity contribution in [2.75, 3.05) is 12.5 Å². The molecule has 0 aliphatic carbocycles. The second kappa shape index (κ2) is 8.51. The van der Waals surface area contributed by atoms with E-state index in [4.69, 9.17) is 4.74 Å². The van der Waals surface area contributed by atoms with Crippen molar-refractivity contribution in [1.29, 1.82) is 0 Å². The van der Waals surface area contributed by atoms with Gasteiger partial charge < -0.3 is 20.1 Å². The van der Waals surface area contributed by atoms with Gasteiger partial charge in [0, 0.05) is 11.3 Å². The molecule has 11 heteroatoms. The number of β-lactam (4-membered cyclic amide) rings is 1. The average molecular weight is 496 g/mol. The number of amides is 4. The van der Waals surface area contributed by atoms with Crippen LogP contribution in [0.2, 0.25) is 0 Å². The lowest BCUT2D eigenvalue weighted by Crippen LogP contribution is -2.79. The molecule has 3 unspecified atom stereocenters. The fourth-order valence-electron chi connectivity index (χ4n) is 4.45. The van der Waals surface area contributed by atoms with Crippen LogP contribution in [-0.2, 0) is 14.3 Å². The molecule has 3 aliphatic rings. The third-order valence-electron chi connectivity index (χ3n) is 6.25. The van der Waals surface area contributed by atoms with Gasteiger partial charge in [0.2, 0.25) is 5.91 Å². The van der Waals surface area contributed by atoms with Crippen molar-refractivity contribution in [3.63, 3.8) is 0 Å². The predicted molar refractivity (Wildman–Crippen MR) is 123 cm³/mol. The second-order valence-corrected chi connectivity index (χ2v) is 9.81. The maximum absolute atomic E-state index is 13.0. The van der Waals surface area contributed by atoms with Crippen LogP contribution < -0.4 is 5.32 Å². The van der Waals surface area contributed by atoms with Gasteiger partial charge in [0.25, 0.3) is 17.7 Å². The van der Waals surface area contributed by atoms with E-state index in [0.29, 0.717) is 5.56 Å². The van der Waals surface area contributed by atoms with Crippen molar-refractivity contribution in [2.24, 2.45) is 0 Å². The molecule has 2 saturated heterocycles. The van der Waals surface area contributed by atoms with E-state index in [2.05, 4.69) is 5.32 Å². The molecular formula is C24H21N3O7S. The minimum Gasteiger partial charge on any atom is -0.442 e. The van der Waals surface area contributed by atoms with Crippen LogP contribution >= 0.6 is 11.8 Å². The molecule has 180 valence electrons. The Bertz CT molecular complexity index is 1210. The van der Waals surface area contributed by atoms with Gasteiger partial charge in [-0.1, -0.05) is 30.3 Å². The number of hydrogen-bond donors (Lipinski definition) is 2. The fourth-order valence-corrected chi connectivity index (χ4v) is 5.88. The number of nitrogens with one attached hydrogen (secondary N) is 1. The van der Waals surface area contributed by atoms with E-state index in [1.165, 1.54) is 35.7 Å². The molecular weight excluding hydrogens is 474 g/mol. The van der Waals surface area contributed by atoms with Gasteiger partial charge in [0.15, 0.2) is 12.8 Å². The number of fused-ring (bicyclic) bond motifs is 2. The molecule has 10 nitrogen and oxygen atoms in total. The molecule has 0 saturated carbocycles. The van der Waals surface area contributed by atoms with E-state index in [9.17, 15) is 29.1 Å².